The van der Waals surface area contributed by atoms with Crippen molar-refractivity contribution in [3.8, 4) is 27.9 Å². The Hall–Kier alpha value is -2.97. The van der Waals surface area contributed by atoms with Gasteiger partial charge in [-0.25, -0.2) is 0 Å². The van der Waals surface area contributed by atoms with Gasteiger partial charge in [0.2, 0.25) is 5.82 Å². The highest BCUT2D eigenvalue weighted by atomic mass is 79.9. The Balaban J connectivity index is 1.47. The zero-order valence-electron chi connectivity index (χ0n) is 14.5. The summed E-state index contributed by atoms with van der Waals surface area (Å²) in [5, 5.41) is 8.81. The number of nitrogens with zero attached hydrogens (tertiary/aromatic N) is 2. The fourth-order valence-corrected chi connectivity index (χ4v) is 3.40. The normalized spacial score (nSPS) is 10.6. The number of aromatic nitrogens is 2. The van der Waals surface area contributed by atoms with Crippen molar-refractivity contribution in [2.24, 2.45) is 0 Å². The smallest absolute Gasteiger partial charge is 0.262 e. The molecule has 0 aliphatic carbocycles. The Labute approximate surface area is 173 Å². The number of anilines is 1. The van der Waals surface area contributed by atoms with E-state index in [1.54, 1.807) is 18.2 Å². The quantitative estimate of drug-likeness (QED) is 0.429. The molecule has 1 amide bonds. The Morgan fingerprint density at radius 1 is 1.11 bits per heavy atom. The van der Waals surface area contributed by atoms with E-state index in [1.807, 2.05) is 47.8 Å². The lowest BCUT2D eigenvalue weighted by molar-refractivity contribution is -0.118. The van der Waals surface area contributed by atoms with Crippen LogP contribution in [0.25, 0.3) is 22.2 Å². The van der Waals surface area contributed by atoms with Gasteiger partial charge in [0, 0.05) is 4.47 Å². The van der Waals surface area contributed by atoms with E-state index in [0.29, 0.717) is 28.7 Å². The number of amides is 1. The molecule has 4 rings (SSSR count). The van der Waals surface area contributed by atoms with Gasteiger partial charge in [-0.1, -0.05) is 39.3 Å². The third-order valence-corrected chi connectivity index (χ3v) is 5.18. The van der Waals surface area contributed by atoms with Crippen LogP contribution in [0.3, 0.4) is 0 Å². The molecule has 6 nitrogen and oxygen atoms in total. The average Bonchev–Trinajstić information content (AvgIpc) is 3.40. The SMILES string of the molecule is O=C(COc1ccc(Br)cc1)Nc1ccccc1-c1nc(-c2cccs2)no1. The molecule has 0 radical (unpaired) electrons. The molecule has 0 unspecified atom stereocenters. The molecular formula is C20H14BrN3O3S. The second kappa shape index (κ2) is 8.37. The Morgan fingerprint density at radius 3 is 2.71 bits per heavy atom. The average molecular weight is 456 g/mol. The third kappa shape index (κ3) is 4.29. The van der Waals surface area contributed by atoms with Crippen molar-refractivity contribution in [3.05, 3.63) is 70.5 Å². The van der Waals surface area contributed by atoms with Crippen molar-refractivity contribution in [2.45, 2.75) is 0 Å². The van der Waals surface area contributed by atoms with E-state index in [1.165, 1.54) is 11.3 Å². The molecular weight excluding hydrogens is 442 g/mol. The molecule has 0 aliphatic rings. The standard InChI is InChI=1S/C20H14BrN3O3S/c21-13-7-9-14(10-8-13)26-12-18(25)22-16-5-2-1-4-15(16)20-23-19(24-27-20)17-6-3-11-28-17/h1-11H,12H2,(H,22,25). The van der Waals surface area contributed by atoms with E-state index in [9.17, 15) is 4.79 Å². The number of hydrogen-bond acceptors (Lipinski definition) is 6. The van der Waals surface area contributed by atoms with Crippen LogP contribution in [-0.4, -0.2) is 22.7 Å². The summed E-state index contributed by atoms with van der Waals surface area (Å²) >= 11 is 4.89. The molecule has 28 heavy (non-hydrogen) atoms. The van der Waals surface area contributed by atoms with Crippen LogP contribution in [0.1, 0.15) is 0 Å². The summed E-state index contributed by atoms with van der Waals surface area (Å²) in [5.41, 5.74) is 1.23. The van der Waals surface area contributed by atoms with Gasteiger partial charge in [-0.05, 0) is 47.8 Å². The fraction of sp³-hybridized carbons (Fsp3) is 0.0500. The van der Waals surface area contributed by atoms with E-state index in [4.69, 9.17) is 9.26 Å². The lowest BCUT2D eigenvalue weighted by atomic mass is 10.1. The summed E-state index contributed by atoms with van der Waals surface area (Å²) < 4.78 is 11.9. The summed E-state index contributed by atoms with van der Waals surface area (Å²) in [6.07, 6.45) is 0. The molecule has 8 heteroatoms. The van der Waals surface area contributed by atoms with E-state index in [0.717, 1.165) is 9.35 Å². The van der Waals surface area contributed by atoms with Crippen molar-refractivity contribution < 1.29 is 14.1 Å². The lowest BCUT2D eigenvalue weighted by Crippen LogP contribution is -2.20. The van der Waals surface area contributed by atoms with Crippen molar-refractivity contribution in [3.63, 3.8) is 0 Å². The second-order valence-electron chi connectivity index (χ2n) is 5.74. The van der Waals surface area contributed by atoms with Gasteiger partial charge >= 0.3 is 0 Å². The number of thiophene rings is 1. The number of carbonyl (C=O) groups excluding carboxylic acids is 1. The number of ether oxygens (including phenoxy) is 1. The summed E-state index contributed by atoms with van der Waals surface area (Å²) in [6, 6.07) is 18.4. The van der Waals surface area contributed by atoms with Crippen LogP contribution < -0.4 is 10.1 Å². The highest BCUT2D eigenvalue weighted by Crippen LogP contribution is 2.29. The number of benzene rings is 2. The summed E-state index contributed by atoms with van der Waals surface area (Å²) in [7, 11) is 0. The minimum Gasteiger partial charge on any atom is -0.484 e. The van der Waals surface area contributed by atoms with E-state index >= 15 is 0 Å². The molecule has 2 aromatic carbocycles. The Kier molecular flexibility index (Phi) is 5.50. The zero-order valence-corrected chi connectivity index (χ0v) is 16.9. The second-order valence-corrected chi connectivity index (χ2v) is 7.60. The molecule has 0 atom stereocenters. The molecule has 0 saturated carbocycles. The molecule has 0 spiro atoms. The van der Waals surface area contributed by atoms with Crippen LogP contribution >= 0.6 is 27.3 Å². The predicted molar refractivity (Wildman–Crippen MR) is 111 cm³/mol. The van der Waals surface area contributed by atoms with Gasteiger partial charge in [0.1, 0.15) is 5.75 Å². The van der Waals surface area contributed by atoms with Crippen LogP contribution in [0.15, 0.2) is 75.0 Å². The maximum Gasteiger partial charge on any atom is 0.262 e. The van der Waals surface area contributed by atoms with Gasteiger partial charge in [0.25, 0.3) is 11.8 Å². The van der Waals surface area contributed by atoms with E-state index < -0.39 is 0 Å². The summed E-state index contributed by atoms with van der Waals surface area (Å²) in [6.45, 7) is -0.111. The van der Waals surface area contributed by atoms with Crippen LogP contribution in [-0.2, 0) is 4.79 Å². The molecule has 0 fully saturated rings. The van der Waals surface area contributed by atoms with Gasteiger partial charge in [-0.2, -0.15) is 4.98 Å². The topological polar surface area (TPSA) is 77.2 Å². The molecule has 2 aromatic heterocycles. The maximum atomic E-state index is 12.3. The van der Waals surface area contributed by atoms with Crippen molar-refractivity contribution in [1.29, 1.82) is 0 Å². The highest BCUT2D eigenvalue weighted by molar-refractivity contribution is 9.10. The summed E-state index contributed by atoms with van der Waals surface area (Å²) in [5.74, 6) is 1.19. The monoisotopic (exact) mass is 455 g/mol. The predicted octanol–water partition coefficient (Wildman–Crippen LogP) is 5.25. The molecule has 4 aromatic rings. The minimum absolute atomic E-state index is 0.111. The van der Waals surface area contributed by atoms with Crippen LogP contribution in [0.5, 0.6) is 5.75 Å². The number of nitrogens with one attached hydrogen (secondary N) is 1. The van der Waals surface area contributed by atoms with E-state index in [-0.39, 0.29) is 12.5 Å². The molecule has 0 aliphatic heterocycles. The van der Waals surface area contributed by atoms with Crippen LogP contribution in [0.4, 0.5) is 5.69 Å². The zero-order chi connectivity index (χ0) is 19.3. The molecule has 0 bridgehead atoms. The number of hydrogen-bond donors (Lipinski definition) is 1. The first kappa shape index (κ1) is 18.4. The Morgan fingerprint density at radius 2 is 1.93 bits per heavy atom. The minimum atomic E-state index is -0.284. The number of rotatable bonds is 6. The number of carbonyl (C=O) groups is 1. The van der Waals surface area contributed by atoms with Crippen molar-refractivity contribution >= 4 is 38.9 Å². The molecule has 140 valence electrons. The first-order valence-corrected chi connectivity index (χ1v) is 10.0. The molecule has 1 N–H and O–H groups in total. The highest BCUT2D eigenvalue weighted by Gasteiger charge is 2.16. The van der Waals surface area contributed by atoms with Crippen molar-refractivity contribution in [2.75, 3.05) is 11.9 Å². The fourth-order valence-electron chi connectivity index (χ4n) is 2.48. The summed E-state index contributed by atoms with van der Waals surface area (Å²) in [4.78, 5) is 17.7. The third-order valence-electron chi connectivity index (χ3n) is 3.78. The van der Waals surface area contributed by atoms with Gasteiger partial charge in [0.05, 0.1) is 16.1 Å². The Bertz CT molecular complexity index is 1080. The van der Waals surface area contributed by atoms with Gasteiger partial charge < -0.3 is 14.6 Å². The number of halogens is 1. The maximum absolute atomic E-state index is 12.3. The molecule has 2 heterocycles. The van der Waals surface area contributed by atoms with Gasteiger partial charge in [0.15, 0.2) is 6.61 Å². The van der Waals surface area contributed by atoms with Gasteiger partial charge in [-0.15, -0.1) is 11.3 Å². The largest absolute Gasteiger partial charge is 0.484 e. The first-order valence-electron chi connectivity index (χ1n) is 8.34. The number of para-hydroxylation sites is 1. The van der Waals surface area contributed by atoms with Crippen LogP contribution in [0, 0.1) is 0 Å². The van der Waals surface area contributed by atoms with Gasteiger partial charge in [-0.3, -0.25) is 4.79 Å². The first-order chi connectivity index (χ1) is 13.7. The van der Waals surface area contributed by atoms with Crippen LogP contribution in [0.2, 0.25) is 0 Å². The van der Waals surface area contributed by atoms with E-state index in [2.05, 4.69) is 31.4 Å². The van der Waals surface area contributed by atoms with Crippen molar-refractivity contribution in [1.82, 2.24) is 10.1 Å². The lowest BCUT2D eigenvalue weighted by Gasteiger charge is -2.09. The molecule has 0 saturated heterocycles.